The molecule has 0 N–H and O–H groups in total. The topological polar surface area (TPSA) is 20.3 Å². The normalized spacial score (nSPS) is 10.4. The van der Waals surface area contributed by atoms with Gasteiger partial charge < -0.3 is 4.90 Å². The second kappa shape index (κ2) is 4.86. The van der Waals surface area contributed by atoms with E-state index < -0.39 is 11.6 Å². The van der Waals surface area contributed by atoms with Gasteiger partial charge in [-0.3, -0.25) is 4.79 Å². The molecule has 2 aromatic rings. The first-order valence-electron chi connectivity index (χ1n) is 5.26. The molecule has 0 aliphatic heterocycles. The third kappa shape index (κ3) is 2.41. The first-order valence-corrected chi connectivity index (χ1v) is 6.07. The van der Waals surface area contributed by atoms with Gasteiger partial charge in [0.1, 0.15) is 0 Å². The van der Waals surface area contributed by atoms with Gasteiger partial charge in [0, 0.05) is 19.0 Å². The highest BCUT2D eigenvalue weighted by Crippen LogP contribution is 2.29. The number of amides is 1. The standard InChI is InChI=1S/C13H11F2NOS/c1-16(2)13(17)12-6-5-11(18-12)8-3-4-9(14)10(15)7-8/h3-7H,1-2H3. The number of rotatable bonds is 2. The summed E-state index contributed by atoms with van der Waals surface area (Å²) in [5.41, 5.74) is 0.566. The van der Waals surface area contributed by atoms with Crippen LogP contribution < -0.4 is 0 Å². The molecular formula is C13H11F2NOS. The van der Waals surface area contributed by atoms with Crippen LogP contribution in [0.2, 0.25) is 0 Å². The highest BCUT2D eigenvalue weighted by molar-refractivity contribution is 7.17. The molecule has 0 aliphatic carbocycles. The Bertz CT molecular complexity index is 592. The van der Waals surface area contributed by atoms with E-state index in [1.807, 2.05) is 0 Å². The number of benzene rings is 1. The Morgan fingerprint density at radius 1 is 1.11 bits per heavy atom. The van der Waals surface area contributed by atoms with Crippen LogP contribution in [0.3, 0.4) is 0 Å². The average Bonchev–Trinajstić information content (AvgIpc) is 2.81. The minimum Gasteiger partial charge on any atom is -0.344 e. The number of carbonyl (C=O) groups is 1. The molecule has 0 atom stereocenters. The van der Waals surface area contributed by atoms with E-state index >= 15 is 0 Å². The van der Waals surface area contributed by atoms with Crippen LogP contribution >= 0.6 is 11.3 Å². The van der Waals surface area contributed by atoms with E-state index in [0.717, 1.165) is 17.0 Å². The first-order chi connectivity index (χ1) is 8.49. The van der Waals surface area contributed by atoms with Crippen molar-refractivity contribution in [2.45, 2.75) is 0 Å². The number of thiophene rings is 1. The van der Waals surface area contributed by atoms with Crippen LogP contribution in [0.4, 0.5) is 8.78 Å². The fraction of sp³-hybridized carbons (Fsp3) is 0.154. The smallest absolute Gasteiger partial charge is 0.263 e. The second-order valence-corrected chi connectivity index (χ2v) is 5.08. The number of nitrogens with zero attached hydrogens (tertiary/aromatic N) is 1. The molecule has 0 unspecified atom stereocenters. The monoisotopic (exact) mass is 267 g/mol. The van der Waals surface area contributed by atoms with Gasteiger partial charge in [0.2, 0.25) is 0 Å². The molecule has 0 aliphatic rings. The zero-order valence-corrected chi connectivity index (χ0v) is 10.7. The van der Waals surface area contributed by atoms with Crippen molar-refractivity contribution in [1.29, 1.82) is 0 Å². The maximum absolute atomic E-state index is 13.1. The van der Waals surface area contributed by atoms with Gasteiger partial charge in [-0.1, -0.05) is 6.07 Å². The van der Waals surface area contributed by atoms with Crippen molar-refractivity contribution in [2.24, 2.45) is 0 Å². The van der Waals surface area contributed by atoms with E-state index in [9.17, 15) is 13.6 Å². The molecule has 94 valence electrons. The molecule has 2 nitrogen and oxygen atoms in total. The van der Waals surface area contributed by atoms with Gasteiger partial charge in [0.15, 0.2) is 11.6 Å². The molecule has 0 fully saturated rings. The zero-order valence-electron chi connectivity index (χ0n) is 9.91. The van der Waals surface area contributed by atoms with E-state index in [1.165, 1.54) is 22.3 Å². The fourth-order valence-electron chi connectivity index (χ4n) is 1.48. The maximum atomic E-state index is 13.1. The highest BCUT2D eigenvalue weighted by atomic mass is 32.1. The first kappa shape index (κ1) is 12.7. The number of hydrogen-bond acceptors (Lipinski definition) is 2. The molecule has 1 amide bonds. The Morgan fingerprint density at radius 3 is 2.44 bits per heavy atom. The van der Waals surface area contributed by atoms with Crippen LogP contribution in [0.5, 0.6) is 0 Å². The second-order valence-electron chi connectivity index (χ2n) is 3.99. The Labute approximate surface area is 107 Å². The summed E-state index contributed by atoms with van der Waals surface area (Å²) in [5, 5.41) is 0. The molecule has 1 aromatic heterocycles. The summed E-state index contributed by atoms with van der Waals surface area (Å²) >= 11 is 1.26. The molecule has 0 bridgehead atoms. The van der Waals surface area contributed by atoms with Crippen LogP contribution in [0.1, 0.15) is 9.67 Å². The quantitative estimate of drug-likeness (QED) is 0.816. The van der Waals surface area contributed by atoms with E-state index in [0.29, 0.717) is 10.4 Å². The molecule has 1 heterocycles. The van der Waals surface area contributed by atoms with Crippen LogP contribution in [0.15, 0.2) is 30.3 Å². The molecule has 2 rings (SSSR count). The molecule has 1 aromatic carbocycles. The third-order valence-corrected chi connectivity index (χ3v) is 3.55. The lowest BCUT2D eigenvalue weighted by Gasteiger charge is -2.07. The SMILES string of the molecule is CN(C)C(=O)c1ccc(-c2ccc(F)c(F)c2)s1. The summed E-state index contributed by atoms with van der Waals surface area (Å²) in [6, 6.07) is 7.12. The van der Waals surface area contributed by atoms with Crippen LogP contribution in [0.25, 0.3) is 10.4 Å². The Hall–Kier alpha value is -1.75. The Morgan fingerprint density at radius 2 is 1.83 bits per heavy atom. The van der Waals surface area contributed by atoms with Gasteiger partial charge in [-0.25, -0.2) is 8.78 Å². The van der Waals surface area contributed by atoms with Gasteiger partial charge in [-0.15, -0.1) is 11.3 Å². The van der Waals surface area contributed by atoms with Crippen molar-refractivity contribution in [3.63, 3.8) is 0 Å². The van der Waals surface area contributed by atoms with Gasteiger partial charge in [0.25, 0.3) is 5.91 Å². The van der Waals surface area contributed by atoms with Crippen molar-refractivity contribution in [2.75, 3.05) is 14.1 Å². The fourth-order valence-corrected chi connectivity index (χ4v) is 2.50. The maximum Gasteiger partial charge on any atom is 0.263 e. The lowest BCUT2D eigenvalue weighted by molar-refractivity contribution is 0.0832. The lowest BCUT2D eigenvalue weighted by Crippen LogP contribution is -2.20. The zero-order chi connectivity index (χ0) is 13.3. The van der Waals surface area contributed by atoms with Crippen molar-refractivity contribution < 1.29 is 13.6 Å². The summed E-state index contributed by atoms with van der Waals surface area (Å²) in [7, 11) is 3.33. The average molecular weight is 267 g/mol. The molecule has 0 radical (unpaired) electrons. The highest BCUT2D eigenvalue weighted by Gasteiger charge is 2.12. The number of halogens is 2. The minimum absolute atomic E-state index is 0.103. The number of carbonyl (C=O) groups excluding carboxylic acids is 1. The summed E-state index contributed by atoms with van der Waals surface area (Å²) in [5.74, 6) is -1.87. The van der Waals surface area contributed by atoms with Gasteiger partial charge in [-0.2, -0.15) is 0 Å². The van der Waals surface area contributed by atoms with Crippen molar-refractivity contribution in [3.8, 4) is 10.4 Å². The van der Waals surface area contributed by atoms with E-state index in [1.54, 1.807) is 26.2 Å². The lowest BCUT2D eigenvalue weighted by atomic mass is 10.2. The predicted molar refractivity (Wildman–Crippen MR) is 67.7 cm³/mol. The van der Waals surface area contributed by atoms with Crippen molar-refractivity contribution >= 4 is 17.2 Å². The largest absolute Gasteiger partial charge is 0.344 e. The van der Waals surface area contributed by atoms with Crippen LogP contribution in [-0.4, -0.2) is 24.9 Å². The molecule has 5 heteroatoms. The van der Waals surface area contributed by atoms with Crippen LogP contribution in [0, 0.1) is 11.6 Å². The summed E-state index contributed by atoms with van der Waals surface area (Å²) in [6.07, 6.45) is 0. The Balaban J connectivity index is 2.35. The van der Waals surface area contributed by atoms with Gasteiger partial charge >= 0.3 is 0 Å². The van der Waals surface area contributed by atoms with E-state index in [2.05, 4.69) is 0 Å². The van der Waals surface area contributed by atoms with Gasteiger partial charge in [-0.05, 0) is 29.8 Å². The molecule has 0 saturated heterocycles. The predicted octanol–water partition coefficient (Wildman–Crippen LogP) is 3.40. The molecule has 0 spiro atoms. The summed E-state index contributed by atoms with van der Waals surface area (Å²) < 4.78 is 25.9. The van der Waals surface area contributed by atoms with Gasteiger partial charge in [0.05, 0.1) is 4.88 Å². The van der Waals surface area contributed by atoms with E-state index in [4.69, 9.17) is 0 Å². The molecule has 0 saturated carbocycles. The van der Waals surface area contributed by atoms with Crippen LogP contribution in [-0.2, 0) is 0 Å². The minimum atomic E-state index is -0.888. The summed E-state index contributed by atoms with van der Waals surface area (Å²) in [6.45, 7) is 0. The Kier molecular flexibility index (Phi) is 3.43. The molecular weight excluding hydrogens is 256 g/mol. The summed E-state index contributed by atoms with van der Waals surface area (Å²) in [4.78, 5) is 14.5. The van der Waals surface area contributed by atoms with Crippen molar-refractivity contribution in [3.05, 3.63) is 46.8 Å². The van der Waals surface area contributed by atoms with Crippen molar-refractivity contribution in [1.82, 2.24) is 4.90 Å². The number of hydrogen-bond donors (Lipinski definition) is 0. The molecule has 18 heavy (non-hydrogen) atoms. The van der Waals surface area contributed by atoms with E-state index in [-0.39, 0.29) is 5.91 Å². The third-order valence-electron chi connectivity index (χ3n) is 2.43.